The van der Waals surface area contributed by atoms with Gasteiger partial charge in [-0.15, -0.1) is 0 Å². The average molecular weight is 240 g/mol. The van der Waals surface area contributed by atoms with E-state index in [0.29, 0.717) is 5.75 Å². The van der Waals surface area contributed by atoms with Crippen LogP contribution in [0.1, 0.15) is 12.8 Å². The number of rotatable bonds is 0. The molecule has 0 amide bonds. The number of hydrogen-bond donors (Lipinski definition) is 1. The van der Waals surface area contributed by atoms with Crippen LogP contribution in [0.3, 0.4) is 0 Å². The zero-order valence-electron chi connectivity index (χ0n) is 10.1. The number of allylic oxidation sites excluding steroid dienone is 8. The van der Waals surface area contributed by atoms with Crippen molar-refractivity contribution in [3.63, 3.8) is 0 Å². The van der Waals surface area contributed by atoms with Gasteiger partial charge in [-0.3, -0.25) is 0 Å². The molecule has 0 bridgehead atoms. The summed E-state index contributed by atoms with van der Waals surface area (Å²) in [4.78, 5) is 0. The number of phenols is 1. The quantitative estimate of drug-likeness (QED) is 0.687. The largest absolute Gasteiger partial charge is 0.504 e. The van der Waals surface area contributed by atoms with E-state index in [0.717, 1.165) is 18.6 Å². The van der Waals surface area contributed by atoms with Crippen LogP contribution in [-0.4, -0.2) is 5.11 Å². The molecule has 3 aliphatic rings. The van der Waals surface area contributed by atoms with E-state index in [9.17, 15) is 0 Å². The molecule has 92 valence electrons. The Morgan fingerprint density at radius 1 is 0.833 bits per heavy atom. The van der Waals surface area contributed by atoms with Crippen molar-refractivity contribution in [1.82, 2.24) is 0 Å². The lowest BCUT2D eigenvalue weighted by atomic mass is 10.3. The minimum atomic E-state index is 0.238. The molecule has 1 aliphatic heterocycles. The first-order chi connectivity index (χ1) is 8.88. The van der Waals surface area contributed by atoms with Gasteiger partial charge in [-0.25, -0.2) is 0 Å². The van der Waals surface area contributed by atoms with Gasteiger partial charge in [0.25, 0.3) is 0 Å². The molecule has 2 nitrogen and oxygen atoms in total. The number of phenolic OH excluding ortho intramolecular Hbond substituents is 1. The first-order valence-electron chi connectivity index (χ1n) is 6.01. The molecule has 1 aromatic rings. The number of fused-ring (bicyclic) bond motifs is 1. The molecule has 2 aliphatic carbocycles. The number of ether oxygens (including phenoxy) is 1. The number of para-hydroxylation sites is 1. The first kappa shape index (κ1) is 12.2. The van der Waals surface area contributed by atoms with Gasteiger partial charge in [-0.2, -0.15) is 0 Å². The Balaban J connectivity index is 0.000000106. The Morgan fingerprint density at radius 2 is 1.39 bits per heavy atom. The third kappa shape index (κ3) is 3.98. The number of benzene rings is 1. The maximum absolute atomic E-state index is 8.85. The molecule has 0 spiro atoms. The van der Waals surface area contributed by atoms with Crippen LogP contribution in [0.5, 0.6) is 17.2 Å². The van der Waals surface area contributed by atoms with Crippen LogP contribution in [0.25, 0.3) is 0 Å². The predicted octanol–water partition coefficient (Wildman–Crippen LogP) is 4.50. The first-order valence-corrected chi connectivity index (χ1v) is 6.01. The molecule has 0 saturated heterocycles. The Bertz CT molecular complexity index is 466. The minimum Gasteiger partial charge on any atom is -0.504 e. The third-order valence-corrected chi connectivity index (χ3v) is 2.44. The molecule has 1 heterocycles. The summed E-state index contributed by atoms with van der Waals surface area (Å²) >= 11 is 0. The maximum atomic E-state index is 8.85. The summed E-state index contributed by atoms with van der Waals surface area (Å²) in [5, 5.41) is 8.85. The van der Waals surface area contributed by atoms with Crippen LogP contribution in [0.2, 0.25) is 0 Å². The van der Waals surface area contributed by atoms with Gasteiger partial charge in [-0.05, 0) is 25.0 Å². The molecule has 0 aromatic heterocycles. The fourth-order valence-corrected chi connectivity index (χ4v) is 1.46. The zero-order chi connectivity index (χ0) is 12.6. The molecule has 2 heteroatoms. The predicted molar refractivity (Wildman–Crippen MR) is 74.0 cm³/mol. The lowest BCUT2D eigenvalue weighted by molar-refractivity contribution is 0.463. The molecule has 1 aromatic carbocycles. The van der Waals surface area contributed by atoms with Gasteiger partial charge in [0.05, 0.1) is 0 Å². The second kappa shape index (κ2) is 6.50. The molecule has 18 heavy (non-hydrogen) atoms. The summed E-state index contributed by atoms with van der Waals surface area (Å²) in [7, 11) is 0. The van der Waals surface area contributed by atoms with Gasteiger partial charge < -0.3 is 9.84 Å². The van der Waals surface area contributed by atoms with E-state index in [-0.39, 0.29) is 5.75 Å². The Hall–Kier alpha value is -2.22. The van der Waals surface area contributed by atoms with E-state index in [1.54, 1.807) is 12.1 Å². The number of aromatic hydroxyl groups is 1. The molecule has 0 radical (unpaired) electrons. The van der Waals surface area contributed by atoms with Crippen molar-refractivity contribution in [3.05, 3.63) is 66.8 Å². The van der Waals surface area contributed by atoms with E-state index in [2.05, 4.69) is 48.6 Å². The second-order valence-corrected chi connectivity index (χ2v) is 3.89. The zero-order valence-corrected chi connectivity index (χ0v) is 10.1. The van der Waals surface area contributed by atoms with Crippen LogP contribution in [0, 0.1) is 0 Å². The van der Waals surface area contributed by atoms with Crippen LogP contribution < -0.4 is 4.74 Å². The topological polar surface area (TPSA) is 32.8 Å². The van der Waals surface area contributed by atoms with Crippen molar-refractivity contribution in [2.45, 2.75) is 12.8 Å². The average Bonchev–Trinajstić information content (AvgIpc) is 2.89. The molecule has 0 unspecified atom stereocenters. The van der Waals surface area contributed by atoms with Crippen molar-refractivity contribution in [2.24, 2.45) is 0 Å². The standard InChI is InChI=1S/C6H4O2.2C5H6/c7-4-2-1-3-5-6(4)8-5;2*1-2-4-5-3-1/h1-3,7H;2*1-4H,5H2. The molecule has 1 N–H and O–H groups in total. The summed E-state index contributed by atoms with van der Waals surface area (Å²) < 4.78 is 4.82. The fourth-order valence-electron chi connectivity index (χ4n) is 1.46. The van der Waals surface area contributed by atoms with Gasteiger partial charge in [0.2, 0.25) is 5.75 Å². The van der Waals surface area contributed by atoms with Gasteiger partial charge >= 0.3 is 0 Å². The van der Waals surface area contributed by atoms with Crippen molar-refractivity contribution < 1.29 is 9.84 Å². The molecular formula is C16H16O2. The van der Waals surface area contributed by atoms with E-state index in [1.807, 2.05) is 6.07 Å². The number of hydrogen-bond acceptors (Lipinski definition) is 2. The van der Waals surface area contributed by atoms with Crippen LogP contribution in [0.4, 0.5) is 0 Å². The van der Waals surface area contributed by atoms with Crippen molar-refractivity contribution in [2.75, 3.05) is 0 Å². The Labute approximate surface area is 107 Å². The lowest BCUT2D eigenvalue weighted by Gasteiger charge is -1.77. The summed E-state index contributed by atoms with van der Waals surface area (Å²) in [6.07, 6.45) is 19.0. The van der Waals surface area contributed by atoms with E-state index < -0.39 is 0 Å². The van der Waals surface area contributed by atoms with E-state index in [4.69, 9.17) is 9.84 Å². The highest BCUT2D eigenvalue weighted by Crippen LogP contribution is 2.51. The summed E-state index contributed by atoms with van der Waals surface area (Å²) in [5.41, 5.74) is 0. The van der Waals surface area contributed by atoms with Gasteiger partial charge in [-0.1, -0.05) is 54.7 Å². The summed E-state index contributed by atoms with van der Waals surface area (Å²) in [6, 6.07) is 5.17. The Morgan fingerprint density at radius 3 is 1.72 bits per heavy atom. The normalized spacial score (nSPS) is 15.1. The van der Waals surface area contributed by atoms with E-state index >= 15 is 0 Å². The van der Waals surface area contributed by atoms with Gasteiger partial charge in [0.15, 0.2) is 11.5 Å². The summed E-state index contributed by atoms with van der Waals surface area (Å²) in [6.45, 7) is 0. The summed E-state index contributed by atoms with van der Waals surface area (Å²) in [5.74, 6) is 1.67. The SMILES string of the molecule is C1=CCC=C1.C1=CCC=C1.Oc1cccc2c1O2. The third-order valence-electron chi connectivity index (χ3n) is 2.44. The molecular weight excluding hydrogens is 224 g/mol. The van der Waals surface area contributed by atoms with Gasteiger partial charge in [0.1, 0.15) is 0 Å². The van der Waals surface area contributed by atoms with Crippen molar-refractivity contribution in [1.29, 1.82) is 0 Å². The monoisotopic (exact) mass is 240 g/mol. The van der Waals surface area contributed by atoms with Crippen molar-refractivity contribution in [3.8, 4) is 17.2 Å². The van der Waals surface area contributed by atoms with Crippen molar-refractivity contribution >= 4 is 0 Å². The Kier molecular flexibility index (Phi) is 4.42. The lowest BCUT2D eigenvalue weighted by Crippen LogP contribution is -1.50. The molecule has 4 rings (SSSR count). The maximum Gasteiger partial charge on any atom is 0.211 e. The molecule has 0 atom stereocenters. The fraction of sp³-hybridized carbons (Fsp3) is 0.125. The minimum absolute atomic E-state index is 0.238. The highest BCUT2D eigenvalue weighted by molar-refractivity contribution is 5.62. The van der Waals surface area contributed by atoms with E-state index in [1.165, 1.54) is 0 Å². The van der Waals surface area contributed by atoms with Gasteiger partial charge in [0, 0.05) is 0 Å². The molecule has 0 fully saturated rings. The van der Waals surface area contributed by atoms with Crippen LogP contribution >= 0.6 is 0 Å². The van der Waals surface area contributed by atoms with Crippen LogP contribution in [0.15, 0.2) is 66.8 Å². The second-order valence-electron chi connectivity index (χ2n) is 3.89. The van der Waals surface area contributed by atoms with Crippen LogP contribution in [-0.2, 0) is 0 Å². The highest BCUT2D eigenvalue weighted by atomic mass is 16.6. The smallest absolute Gasteiger partial charge is 0.211 e. The highest BCUT2D eigenvalue weighted by Gasteiger charge is 2.22. The molecule has 0 saturated carbocycles.